The van der Waals surface area contributed by atoms with Gasteiger partial charge in [-0.15, -0.1) is 0 Å². The fourth-order valence-corrected chi connectivity index (χ4v) is 4.93. The first-order valence-corrected chi connectivity index (χ1v) is 12.5. The van der Waals surface area contributed by atoms with Gasteiger partial charge in [0.15, 0.2) is 0 Å². The largest absolute Gasteiger partial charge is 0.378 e. The molecule has 178 valence electrons. The van der Waals surface area contributed by atoms with E-state index in [4.69, 9.17) is 4.74 Å². The molecule has 2 heterocycles. The van der Waals surface area contributed by atoms with Gasteiger partial charge in [-0.05, 0) is 49.4 Å². The number of hydrogen-bond acceptors (Lipinski definition) is 6. The molecule has 1 N–H and O–H groups in total. The van der Waals surface area contributed by atoms with Gasteiger partial charge in [0.25, 0.3) is 15.9 Å². The van der Waals surface area contributed by atoms with E-state index in [1.165, 1.54) is 11.4 Å². The minimum absolute atomic E-state index is 0.218. The Bertz CT molecular complexity index is 1240. The summed E-state index contributed by atoms with van der Waals surface area (Å²) in [6.45, 7) is 5.08. The second-order valence-corrected chi connectivity index (χ2v) is 10.1. The van der Waals surface area contributed by atoms with Crippen LogP contribution in [0.25, 0.3) is 0 Å². The number of aryl methyl sites for hydroxylation is 1. The van der Waals surface area contributed by atoms with Crippen molar-refractivity contribution in [2.45, 2.75) is 18.4 Å². The Balaban J connectivity index is 1.42. The van der Waals surface area contributed by atoms with E-state index in [1.807, 2.05) is 19.1 Å². The Kier molecular flexibility index (Phi) is 7.14. The number of benzene rings is 2. The van der Waals surface area contributed by atoms with Crippen molar-refractivity contribution in [2.75, 3.05) is 42.6 Å². The fraction of sp³-hybridized carbons (Fsp3) is 0.280. The van der Waals surface area contributed by atoms with Crippen LogP contribution in [0.15, 0.2) is 71.8 Å². The summed E-state index contributed by atoms with van der Waals surface area (Å²) in [5, 5.41) is 2.94. The molecule has 1 aliphatic heterocycles. The molecule has 1 fully saturated rings. The summed E-state index contributed by atoms with van der Waals surface area (Å²) in [6.07, 6.45) is 1.75. The molecule has 1 saturated heterocycles. The molecular formula is C25H28N4O4S. The van der Waals surface area contributed by atoms with E-state index in [9.17, 15) is 13.2 Å². The van der Waals surface area contributed by atoms with Crippen LogP contribution in [0.2, 0.25) is 0 Å². The molecule has 0 spiro atoms. The molecule has 0 bridgehead atoms. The maximum absolute atomic E-state index is 12.9. The van der Waals surface area contributed by atoms with Gasteiger partial charge >= 0.3 is 0 Å². The lowest BCUT2D eigenvalue weighted by atomic mass is 10.1. The number of aromatic nitrogens is 1. The highest BCUT2D eigenvalue weighted by molar-refractivity contribution is 7.92. The third-order valence-corrected chi connectivity index (χ3v) is 7.59. The number of morpholine rings is 1. The molecule has 2 aromatic carbocycles. The van der Waals surface area contributed by atoms with E-state index in [-0.39, 0.29) is 10.8 Å². The zero-order chi connectivity index (χ0) is 24.1. The van der Waals surface area contributed by atoms with Crippen LogP contribution in [-0.2, 0) is 21.3 Å². The van der Waals surface area contributed by atoms with E-state index in [0.29, 0.717) is 31.0 Å². The maximum atomic E-state index is 12.9. The molecule has 0 aliphatic carbocycles. The number of ether oxygens (including phenoxy) is 1. The van der Waals surface area contributed by atoms with Crippen molar-refractivity contribution in [3.05, 3.63) is 83.6 Å². The average Bonchev–Trinajstić information content (AvgIpc) is 2.88. The Labute approximate surface area is 200 Å². The summed E-state index contributed by atoms with van der Waals surface area (Å²) >= 11 is 0. The van der Waals surface area contributed by atoms with Crippen LogP contribution in [0.1, 0.15) is 21.5 Å². The molecule has 34 heavy (non-hydrogen) atoms. The van der Waals surface area contributed by atoms with Crippen molar-refractivity contribution in [3.8, 4) is 0 Å². The first-order chi connectivity index (χ1) is 16.4. The summed E-state index contributed by atoms with van der Waals surface area (Å²) in [5.41, 5.74) is 2.83. The third-order valence-electron chi connectivity index (χ3n) is 5.79. The molecule has 0 unspecified atom stereocenters. The van der Waals surface area contributed by atoms with Crippen molar-refractivity contribution in [1.29, 1.82) is 0 Å². The SMILES string of the molecule is Cc1ccc(S(=O)(=O)N(C)c2ccc(C(=O)NCc3cccnc3N3CCOCC3)cc2)cc1. The van der Waals surface area contributed by atoms with Gasteiger partial charge in [0, 0.05) is 44.0 Å². The van der Waals surface area contributed by atoms with Crippen molar-refractivity contribution < 1.29 is 17.9 Å². The lowest BCUT2D eigenvalue weighted by Gasteiger charge is -2.29. The molecule has 1 amide bonds. The topological polar surface area (TPSA) is 91.8 Å². The van der Waals surface area contributed by atoms with E-state index < -0.39 is 10.0 Å². The molecule has 0 radical (unpaired) electrons. The number of carbonyl (C=O) groups is 1. The molecule has 1 aliphatic rings. The van der Waals surface area contributed by atoms with Crippen LogP contribution in [-0.4, -0.2) is 52.7 Å². The fourth-order valence-electron chi connectivity index (χ4n) is 3.74. The highest BCUT2D eigenvalue weighted by Gasteiger charge is 2.21. The summed E-state index contributed by atoms with van der Waals surface area (Å²) < 4.78 is 32.5. The van der Waals surface area contributed by atoms with E-state index in [0.717, 1.165) is 30.0 Å². The maximum Gasteiger partial charge on any atom is 0.264 e. The number of hydrogen-bond donors (Lipinski definition) is 1. The number of amides is 1. The number of nitrogens with one attached hydrogen (secondary N) is 1. The molecule has 3 aromatic rings. The van der Waals surface area contributed by atoms with E-state index >= 15 is 0 Å². The summed E-state index contributed by atoms with van der Waals surface area (Å²) in [6, 6.07) is 17.0. The van der Waals surface area contributed by atoms with E-state index in [1.54, 1.807) is 54.7 Å². The van der Waals surface area contributed by atoms with Gasteiger partial charge in [-0.25, -0.2) is 13.4 Å². The van der Waals surface area contributed by atoms with Crippen molar-refractivity contribution in [3.63, 3.8) is 0 Å². The van der Waals surface area contributed by atoms with Gasteiger partial charge in [0.2, 0.25) is 0 Å². The summed E-state index contributed by atoms with van der Waals surface area (Å²) in [5.74, 6) is 0.608. The molecule has 1 aromatic heterocycles. The highest BCUT2D eigenvalue weighted by atomic mass is 32.2. The van der Waals surface area contributed by atoms with Crippen molar-refractivity contribution in [1.82, 2.24) is 10.3 Å². The average molecular weight is 481 g/mol. The second-order valence-electron chi connectivity index (χ2n) is 8.10. The van der Waals surface area contributed by atoms with E-state index in [2.05, 4.69) is 15.2 Å². The first-order valence-electron chi connectivity index (χ1n) is 11.1. The van der Waals surface area contributed by atoms with Gasteiger partial charge in [0.1, 0.15) is 5.82 Å². The Morgan fingerprint density at radius 1 is 1.06 bits per heavy atom. The zero-order valence-electron chi connectivity index (χ0n) is 19.3. The van der Waals surface area contributed by atoms with Crippen LogP contribution in [0.4, 0.5) is 11.5 Å². The van der Waals surface area contributed by atoms with Crippen LogP contribution in [0.5, 0.6) is 0 Å². The number of anilines is 2. The number of pyridine rings is 1. The number of sulfonamides is 1. The number of carbonyl (C=O) groups excluding carboxylic acids is 1. The minimum Gasteiger partial charge on any atom is -0.378 e. The number of nitrogens with zero attached hydrogens (tertiary/aromatic N) is 3. The number of rotatable bonds is 7. The predicted octanol–water partition coefficient (Wildman–Crippen LogP) is 2.98. The van der Waals surface area contributed by atoms with Crippen LogP contribution < -0.4 is 14.5 Å². The second kappa shape index (κ2) is 10.2. The quantitative estimate of drug-likeness (QED) is 0.559. The molecule has 0 saturated carbocycles. The van der Waals surface area contributed by atoms with Gasteiger partial charge in [-0.2, -0.15) is 0 Å². The molecule has 4 rings (SSSR count). The molecular weight excluding hydrogens is 452 g/mol. The van der Waals surface area contributed by atoms with Crippen LogP contribution in [0, 0.1) is 6.92 Å². The minimum atomic E-state index is -3.69. The zero-order valence-corrected chi connectivity index (χ0v) is 20.1. The van der Waals surface area contributed by atoms with Crippen molar-refractivity contribution >= 4 is 27.4 Å². The molecule has 0 atom stereocenters. The Morgan fingerprint density at radius 2 is 1.74 bits per heavy atom. The smallest absolute Gasteiger partial charge is 0.264 e. The monoisotopic (exact) mass is 480 g/mol. The molecule has 8 nitrogen and oxygen atoms in total. The Hall–Kier alpha value is -3.43. The van der Waals surface area contributed by atoms with Gasteiger partial charge in [0.05, 0.1) is 23.8 Å². The Morgan fingerprint density at radius 3 is 2.41 bits per heavy atom. The third kappa shape index (κ3) is 5.21. The standard InChI is InChI=1S/C25H28N4O4S/c1-19-5-11-23(12-6-19)34(31,32)28(2)22-9-7-20(8-10-22)25(30)27-18-21-4-3-13-26-24(21)29-14-16-33-17-15-29/h3-13H,14-18H2,1-2H3,(H,27,30). The summed E-state index contributed by atoms with van der Waals surface area (Å²) in [7, 11) is -2.19. The molecule has 9 heteroatoms. The van der Waals surface area contributed by atoms with Crippen LogP contribution >= 0.6 is 0 Å². The lowest BCUT2D eigenvalue weighted by molar-refractivity contribution is 0.0950. The lowest BCUT2D eigenvalue weighted by Crippen LogP contribution is -2.37. The van der Waals surface area contributed by atoms with Gasteiger partial charge in [-0.3, -0.25) is 9.10 Å². The highest BCUT2D eigenvalue weighted by Crippen LogP contribution is 2.23. The first kappa shape index (κ1) is 23.7. The normalized spacial score (nSPS) is 14.0. The van der Waals surface area contributed by atoms with Crippen molar-refractivity contribution in [2.24, 2.45) is 0 Å². The van der Waals surface area contributed by atoms with Gasteiger partial charge in [-0.1, -0.05) is 23.8 Å². The summed E-state index contributed by atoms with van der Waals surface area (Å²) in [4.78, 5) is 19.6. The predicted molar refractivity (Wildman–Crippen MR) is 132 cm³/mol. The van der Waals surface area contributed by atoms with Crippen LogP contribution in [0.3, 0.4) is 0 Å². The van der Waals surface area contributed by atoms with Gasteiger partial charge < -0.3 is 15.0 Å².